The van der Waals surface area contributed by atoms with Crippen molar-refractivity contribution in [1.29, 1.82) is 0 Å². The number of phenolic OH excluding ortho intramolecular Hbond substituents is 1. The van der Waals surface area contributed by atoms with E-state index >= 15 is 0 Å². The summed E-state index contributed by atoms with van der Waals surface area (Å²) in [5.74, 6) is 0.491. The highest BCUT2D eigenvalue weighted by molar-refractivity contribution is 6.32. The van der Waals surface area contributed by atoms with Crippen LogP contribution in [0.2, 0.25) is 5.02 Å². The van der Waals surface area contributed by atoms with Gasteiger partial charge in [-0.1, -0.05) is 41.9 Å². The number of ketones is 1. The Kier molecular flexibility index (Phi) is 7.50. The van der Waals surface area contributed by atoms with Gasteiger partial charge in [-0.2, -0.15) is 0 Å². The van der Waals surface area contributed by atoms with Crippen molar-refractivity contribution in [2.45, 2.75) is 18.9 Å². The van der Waals surface area contributed by atoms with Gasteiger partial charge in [0.2, 0.25) is 5.91 Å². The predicted octanol–water partition coefficient (Wildman–Crippen LogP) is 5.33. The van der Waals surface area contributed by atoms with E-state index in [1.54, 1.807) is 37.4 Å². The van der Waals surface area contributed by atoms with Crippen molar-refractivity contribution in [1.82, 2.24) is 4.90 Å². The molecule has 3 aromatic carbocycles. The van der Waals surface area contributed by atoms with Crippen LogP contribution in [0.25, 0.3) is 0 Å². The van der Waals surface area contributed by atoms with Crippen molar-refractivity contribution in [2.24, 2.45) is 5.92 Å². The molecule has 1 atom stereocenters. The number of nitrogens with zero attached hydrogens (tertiary/aromatic N) is 1. The maximum Gasteiger partial charge on any atom is 0.246 e. The Morgan fingerprint density at radius 3 is 2.32 bits per heavy atom. The summed E-state index contributed by atoms with van der Waals surface area (Å²) in [5.41, 5.74) is 2.09. The maximum absolute atomic E-state index is 13.4. The summed E-state index contributed by atoms with van der Waals surface area (Å²) in [5, 5.41) is 12.9. The van der Waals surface area contributed by atoms with Gasteiger partial charge in [0.05, 0.1) is 12.1 Å². The lowest BCUT2D eigenvalue weighted by Crippen LogP contribution is -2.43. The Bertz CT molecular complexity index is 1140. The summed E-state index contributed by atoms with van der Waals surface area (Å²) in [6.07, 6.45) is 1.31. The second kappa shape index (κ2) is 10.7. The van der Waals surface area contributed by atoms with Gasteiger partial charge in [-0.3, -0.25) is 14.5 Å². The molecule has 4 rings (SSSR count). The minimum atomic E-state index is -0.494. The fourth-order valence-corrected chi connectivity index (χ4v) is 4.66. The number of methoxy groups -OCH3 is 1. The molecule has 1 aliphatic rings. The Balaban J connectivity index is 1.48. The van der Waals surface area contributed by atoms with E-state index in [1.807, 2.05) is 30.3 Å². The van der Waals surface area contributed by atoms with Crippen LogP contribution in [0.15, 0.2) is 72.8 Å². The second-order valence-electron chi connectivity index (χ2n) is 8.37. The first-order valence-electron chi connectivity index (χ1n) is 11.2. The third kappa shape index (κ3) is 5.41. The van der Waals surface area contributed by atoms with Crippen LogP contribution < -0.4 is 10.1 Å². The first-order chi connectivity index (χ1) is 16.5. The Morgan fingerprint density at radius 1 is 1.03 bits per heavy atom. The van der Waals surface area contributed by atoms with E-state index in [-0.39, 0.29) is 23.4 Å². The third-order valence-corrected chi connectivity index (χ3v) is 6.50. The average Bonchev–Trinajstić information content (AvgIpc) is 2.85. The van der Waals surface area contributed by atoms with E-state index < -0.39 is 6.04 Å². The van der Waals surface area contributed by atoms with Crippen molar-refractivity contribution < 1.29 is 19.4 Å². The van der Waals surface area contributed by atoms with Gasteiger partial charge in [0, 0.05) is 17.2 Å². The number of ether oxygens (including phenoxy) is 1. The Morgan fingerprint density at radius 2 is 1.71 bits per heavy atom. The van der Waals surface area contributed by atoms with Crippen molar-refractivity contribution in [2.75, 3.05) is 25.5 Å². The number of likely N-dealkylation sites (tertiary alicyclic amines) is 1. The normalized spacial score (nSPS) is 15.5. The zero-order valence-electron chi connectivity index (χ0n) is 18.9. The van der Waals surface area contributed by atoms with Crippen LogP contribution in [0, 0.1) is 5.92 Å². The number of piperidine rings is 1. The van der Waals surface area contributed by atoms with Crippen molar-refractivity contribution in [3.63, 3.8) is 0 Å². The van der Waals surface area contributed by atoms with E-state index in [0.29, 0.717) is 48.0 Å². The maximum atomic E-state index is 13.4. The summed E-state index contributed by atoms with van der Waals surface area (Å²) >= 11 is 6.23. The van der Waals surface area contributed by atoms with Crippen LogP contribution in [0.1, 0.15) is 34.8 Å². The van der Waals surface area contributed by atoms with E-state index in [4.69, 9.17) is 16.3 Å². The molecule has 0 aliphatic carbocycles. The topological polar surface area (TPSA) is 78.9 Å². The van der Waals surface area contributed by atoms with Gasteiger partial charge in [0.1, 0.15) is 17.5 Å². The molecule has 0 saturated carbocycles. The van der Waals surface area contributed by atoms with Gasteiger partial charge < -0.3 is 15.2 Å². The highest BCUT2D eigenvalue weighted by atomic mass is 35.5. The fraction of sp³-hybridized carbons (Fsp3) is 0.259. The van der Waals surface area contributed by atoms with Crippen LogP contribution in [-0.4, -0.2) is 41.9 Å². The van der Waals surface area contributed by atoms with E-state index in [9.17, 15) is 14.7 Å². The molecule has 1 aliphatic heterocycles. The van der Waals surface area contributed by atoms with Gasteiger partial charge in [0.15, 0.2) is 5.78 Å². The predicted molar refractivity (Wildman–Crippen MR) is 133 cm³/mol. The average molecular weight is 479 g/mol. The molecular weight excluding hydrogens is 452 g/mol. The summed E-state index contributed by atoms with van der Waals surface area (Å²) in [4.78, 5) is 28.5. The number of phenols is 1. The molecule has 2 N–H and O–H groups in total. The first kappa shape index (κ1) is 23.8. The fourth-order valence-electron chi connectivity index (χ4n) is 4.40. The number of halogens is 1. The molecule has 0 aromatic heterocycles. The number of anilines is 1. The number of carbonyl (C=O) groups is 2. The van der Waals surface area contributed by atoms with Crippen molar-refractivity contribution in [3.8, 4) is 11.5 Å². The number of benzene rings is 3. The molecule has 176 valence electrons. The van der Waals surface area contributed by atoms with Gasteiger partial charge in [0.25, 0.3) is 0 Å². The lowest BCUT2D eigenvalue weighted by atomic mass is 9.87. The zero-order chi connectivity index (χ0) is 24.1. The highest BCUT2D eigenvalue weighted by Gasteiger charge is 2.33. The molecule has 3 aromatic rings. The minimum absolute atomic E-state index is 0.0771. The second-order valence-corrected chi connectivity index (χ2v) is 8.78. The molecule has 0 bridgehead atoms. The SMILES string of the molecule is COc1ccc(NC(=O)C(c2ccccc2)N2CCC(C(=O)c3ccc(O)cc3)CC2)cc1Cl. The highest BCUT2D eigenvalue weighted by Crippen LogP contribution is 2.32. The Hall–Kier alpha value is -3.35. The molecule has 34 heavy (non-hydrogen) atoms. The Labute approximate surface area is 204 Å². The number of rotatable bonds is 7. The van der Waals surface area contributed by atoms with Gasteiger partial charge in [-0.15, -0.1) is 0 Å². The van der Waals surface area contributed by atoms with Crippen molar-refractivity contribution in [3.05, 3.63) is 88.9 Å². The standard InChI is InChI=1S/C27H27ClN2O4/c1-34-24-12-9-21(17-23(24)28)29-27(33)25(18-5-3-2-4-6-18)30-15-13-20(14-16-30)26(32)19-7-10-22(31)11-8-19/h2-12,17,20,25,31H,13-16H2,1H3,(H,29,33). The monoisotopic (exact) mass is 478 g/mol. The molecule has 0 radical (unpaired) electrons. The number of hydrogen-bond donors (Lipinski definition) is 2. The van der Waals surface area contributed by atoms with E-state index in [0.717, 1.165) is 5.56 Å². The van der Waals surface area contributed by atoms with E-state index in [1.165, 1.54) is 12.1 Å². The number of carbonyl (C=O) groups excluding carboxylic acids is 2. The smallest absolute Gasteiger partial charge is 0.246 e. The van der Waals surface area contributed by atoms with Crippen LogP contribution in [-0.2, 0) is 4.79 Å². The zero-order valence-corrected chi connectivity index (χ0v) is 19.7. The largest absolute Gasteiger partial charge is 0.508 e. The summed E-state index contributed by atoms with van der Waals surface area (Å²) in [7, 11) is 1.54. The van der Waals surface area contributed by atoms with Crippen LogP contribution >= 0.6 is 11.6 Å². The van der Waals surface area contributed by atoms with E-state index in [2.05, 4.69) is 10.2 Å². The number of nitrogens with one attached hydrogen (secondary N) is 1. The van der Waals surface area contributed by atoms with Crippen LogP contribution in [0.5, 0.6) is 11.5 Å². The van der Waals surface area contributed by atoms with Crippen LogP contribution in [0.4, 0.5) is 5.69 Å². The summed E-state index contributed by atoms with van der Waals surface area (Å²) < 4.78 is 5.19. The number of amides is 1. The summed E-state index contributed by atoms with van der Waals surface area (Å²) in [6, 6.07) is 20.7. The van der Waals surface area contributed by atoms with Gasteiger partial charge >= 0.3 is 0 Å². The number of hydrogen-bond acceptors (Lipinski definition) is 5. The van der Waals surface area contributed by atoms with Crippen LogP contribution in [0.3, 0.4) is 0 Å². The molecule has 1 heterocycles. The quantitative estimate of drug-likeness (QED) is 0.449. The first-order valence-corrected chi connectivity index (χ1v) is 11.6. The van der Waals surface area contributed by atoms with Gasteiger partial charge in [-0.25, -0.2) is 0 Å². The molecular formula is C27H27ClN2O4. The lowest BCUT2D eigenvalue weighted by molar-refractivity contribution is -0.122. The number of Topliss-reactive ketones (excluding diaryl/α,β-unsaturated/α-hetero) is 1. The summed E-state index contributed by atoms with van der Waals surface area (Å²) in [6.45, 7) is 1.23. The molecule has 1 fully saturated rings. The molecule has 0 spiro atoms. The molecule has 1 saturated heterocycles. The van der Waals surface area contributed by atoms with Gasteiger partial charge in [-0.05, 0) is 74.0 Å². The molecule has 1 amide bonds. The molecule has 6 nitrogen and oxygen atoms in total. The minimum Gasteiger partial charge on any atom is -0.508 e. The molecule has 7 heteroatoms. The third-order valence-electron chi connectivity index (χ3n) is 6.20. The molecule has 1 unspecified atom stereocenters. The number of aromatic hydroxyl groups is 1. The lowest BCUT2D eigenvalue weighted by Gasteiger charge is -2.36. The van der Waals surface area contributed by atoms with Crippen molar-refractivity contribution >= 4 is 29.0 Å².